The van der Waals surface area contributed by atoms with Gasteiger partial charge in [0.05, 0.1) is 26.2 Å². The number of quaternary nitrogens is 1. The van der Waals surface area contributed by atoms with Crippen LogP contribution < -0.4 is 18.6 Å². The van der Waals surface area contributed by atoms with E-state index in [9.17, 15) is 0 Å². The summed E-state index contributed by atoms with van der Waals surface area (Å²) in [4.78, 5) is 0. The van der Waals surface area contributed by atoms with Gasteiger partial charge >= 0.3 is 17.1 Å². The molecule has 7 heteroatoms. The summed E-state index contributed by atoms with van der Waals surface area (Å²) < 4.78 is 35.2. The minimum atomic E-state index is -4.94. The molecule has 0 radical (unpaired) electrons. The van der Waals surface area contributed by atoms with Crippen LogP contribution in [0.2, 0.25) is 0 Å². The zero-order chi connectivity index (χ0) is 18.9. The molecule has 0 heterocycles. The summed E-state index contributed by atoms with van der Waals surface area (Å²) in [6, 6.07) is 20.0. The van der Waals surface area contributed by atoms with Gasteiger partial charge in [-0.1, -0.05) is 0 Å². The summed E-state index contributed by atoms with van der Waals surface area (Å²) in [5, 5.41) is 0. The normalized spacial score (nSPS) is 9.92. The first-order valence-corrected chi connectivity index (χ1v) is 9.28. The predicted octanol–water partition coefficient (Wildman–Crippen LogP) is -0.0647. The van der Waals surface area contributed by atoms with Crippen molar-refractivity contribution in [1.82, 2.24) is 0 Å². The molecule has 0 aliphatic carbocycles. The summed E-state index contributed by atoms with van der Waals surface area (Å²) in [5.41, 5.74) is 0. The summed E-state index contributed by atoms with van der Waals surface area (Å²) in [7, 11) is -4.94. The van der Waals surface area contributed by atoms with Gasteiger partial charge in [-0.2, -0.15) is 36.4 Å². The Labute approximate surface area is 165 Å². The van der Waals surface area contributed by atoms with Gasteiger partial charge in [0.2, 0.25) is 0 Å². The van der Waals surface area contributed by atoms with Crippen molar-refractivity contribution < 1.29 is 50.4 Å². The van der Waals surface area contributed by atoms with E-state index >= 15 is 0 Å². The summed E-state index contributed by atoms with van der Waals surface area (Å²) in [6.45, 7) is 14.2. The number of hydrogen-bond acceptors (Lipinski definition) is 4. The fraction of sp³-hybridized carbons (Fsp3) is 0.444. The average molecular weight is 416 g/mol. The van der Waals surface area contributed by atoms with Crippen LogP contribution >= 0.6 is 0 Å². The van der Waals surface area contributed by atoms with Crippen molar-refractivity contribution in [2.75, 3.05) is 26.2 Å². The van der Waals surface area contributed by atoms with Crippen LogP contribution in [0.25, 0.3) is 0 Å². The van der Waals surface area contributed by atoms with E-state index in [0.29, 0.717) is 0 Å². The molecule has 0 unspecified atom stereocenters. The molecule has 0 aliphatic rings. The Balaban J connectivity index is -0.000000264. The van der Waals surface area contributed by atoms with E-state index in [1.54, 1.807) is 0 Å². The molecule has 2 aromatic carbocycles. The van der Waals surface area contributed by atoms with Crippen LogP contribution in [0.5, 0.6) is 0 Å². The molecule has 0 spiro atoms. The molecule has 2 rings (SSSR count). The fourth-order valence-corrected chi connectivity index (χ4v) is 1.98. The van der Waals surface area contributed by atoms with Gasteiger partial charge in [-0.05, 0) is 27.7 Å². The van der Waals surface area contributed by atoms with Gasteiger partial charge in [0, 0.05) is 0 Å². The fourth-order valence-electron chi connectivity index (χ4n) is 1.98. The molecular weight excluding hydrogens is 385 g/mol. The van der Waals surface area contributed by atoms with Crippen LogP contribution in [-0.2, 0) is 17.1 Å². The molecule has 146 valence electrons. The van der Waals surface area contributed by atoms with Gasteiger partial charge in [-0.25, -0.2) is 42.9 Å². The van der Waals surface area contributed by atoms with Crippen LogP contribution in [0.1, 0.15) is 27.7 Å². The topological polar surface area (TPSA) is 92.2 Å². The first-order valence-electron chi connectivity index (χ1n) is 8.04. The first-order chi connectivity index (χ1) is 11.2. The van der Waals surface area contributed by atoms with Gasteiger partial charge in [0.1, 0.15) is 0 Å². The molecule has 0 amide bonds. The number of nitrogens with zero attached hydrogens (tertiary/aromatic N) is 1. The Kier molecular flexibility index (Phi) is 21.1. The molecule has 0 saturated carbocycles. The molecule has 0 aliphatic heterocycles. The smallest absolute Gasteiger partial charge is 0.325 e. The second kappa shape index (κ2) is 18.1. The van der Waals surface area contributed by atoms with Crippen LogP contribution in [0.15, 0.2) is 60.7 Å². The van der Waals surface area contributed by atoms with Crippen LogP contribution in [0, 0.1) is 10.2 Å². The second-order valence-electron chi connectivity index (χ2n) is 4.91. The zero-order valence-corrected chi connectivity index (χ0v) is 17.3. The molecule has 0 N–H and O–H groups in total. The number of rotatable bonds is 4. The minimum Gasteiger partial charge on any atom is -0.325 e. The Morgan fingerprint density at radius 2 is 0.840 bits per heavy atom. The van der Waals surface area contributed by atoms with Crippen molar-refractivity contribution in [2.24, 2.45) is 0 Å². The molecule has 0 atom stereocenters. The van der Waals surface area contributed by atoms with Crippen LogP contribution in [0.3, 0.4) is 0 Å². The van der Waals surface area contributed by atoms with Gasteiger partial charge in [-0.15, -0.1) is 10.2 Å². The zero-order valence-electron chi connectivity index (χ0n) is 15.4. The second-order valence-corrected chi connectivity index (χ2v) is 5.66. The van der Waals surface area contributed by atoms with Crippen LogP contribution in [0.4, 0.5) is 0 Å². The SMILES string of the molecule is CC[N+](CC)(CC)CC.[Fe+2].[O-][Cl+3]([O-])([O-])[O-].c1cc[cH-]c1.c1cc[cH-]c1. The number of hydrogen-bond donors (Lipinski definition) is 0. The summed E-state index contributed by atoms with van der Waals surface area (Å²) in [6.07, 6.45) is 0. The van der Waals surface area contributed by atoms with Gasteiger partial charge in [0.15, 0.2) is 0 Å². The quantitative estimate of drug-likeness (QED) is 0.397. The average Bonchev–Trinajstić information content (AvgIpc) is 3.27. The van der Waals surface area contributed by atoms with E-state index in [0.717, 1.165) is 0 Å². The molecule has 5 nitrogen and oxygen atoms in total. The predicted molar refractivity (Wildman–Crippen MR) is 86.5 cm³/mol. The van der Waals surface area contributed by atoms with E-state index in [4.69, 9.17) is 18.6 Å². The van der Waals surface area contributed by atoms with E-state index in [-0.39, 0.29) is 17.1 Å². The maximum absolute atomic E-state index is 8.49. The maximum Gasteiger partial charge on any atom is 2.00 e. The van der Waals surface area contributed by atoms with Gasteiger partial charge in [-0.3, -0.25) is 0 Å². The summed E-state index contributed by atoms with van der Waals surface area (Å²) in [5.74, 6) is 0. The third-order valence-corrected chi connectivity index (χ3v) is 3.79. The van der Waals surface area contributed by atoms with E-state index in [2.05, 4.69) is 27.7 Å². The third kappa shape index (κ3) is 23.3. The molecular formula is C18H30ClFeNO4. The minimum absolute atomic E-state index is 0. The van der Waals surface area contributed by atoms with E-state index in [1.807, 2.05) is 60.7 Å². The molecule has 0 saturated heterocycles. The number of halogens is 1. The molecule has 25 heavy (non-hydrogen) atoms. The molecule has 2 aromatic rings. The van der Waals surface area contributed by atoms with Crippen molar-refractivity contribution in [3.63, 3.8) is 0 Å². The Morgan fingerprint density at radius 3 is 0.880 bits per heavy atom. The van der Waals surface area contributed by atoms with Crippen molar-refractivity contribution in [1.29, 1.82) is 0 Å². The van der Waals surface area contributed by atoms with Gasteiger partial charge < -0.3 is 4.48 Å². The summed E-state index contributed by atoms with van der Waals surface area (Å²) >= 11 is 0. The van der Waals surface area contributed by atoms with E-state index in [1.165, 1.54) is 30.7 Å². The van der Waals surface area contributed by atoms with Crippen LogP contribution in [-0.4, -0.2) is 30.7 Å². The van der Waals surface area contributed by atoms with Crippen molar-refractivity contribution >= 4 is 0 Å². The van der Waals surface area contributed by atoms with Gasteiger partial charge in [0.25, 0.3) is 0 Å². The molecule has 0 bridgehead atoms. The van der Waals surface area contributed by atoms with Crippen molar-refractivity contribution in [3.8, 4) is 0 Å². The molecule has 0 aromatic heterocycles. The van der Waals surface area contributed by atoms with E-state index < -0.39 is 10.2 Å². The Bertz CT molecular complexity index is 342. The monoisotopic (exact) mass is 415 g/mol. The third-order valence-electron chi connectivity index (χ3n) is 3.79. The first kappa shape index (κ1) is 29.1. The standard InChI is InChI=1S/C8H20N.2C5H5.ClHO4.Fe/c1-5-9(6-2,7-3)8-4;2*1-2-4-5-3-1;2-1(3,4)5;/h5-8H2,1-4H3;2*1-5H;(H,2,3,4,5);/q+1;2*-1;;+2/p-1. The Hall–Kier alpha value is -0.691. The maximum atomic E-state index is 8.49. The largest absolute Gasteiger partial charge is 2.00 e. The van der Waals surface area contributed by atoms with Crippen molar-refractivity contribution in [2.45, 2.75) is 27.7 Å². The molecule has 0 fully saturated rings. The van der Waals surface area contributed by atoms with Crippen molar-refractivity contribution in [3.05, 3.63) is 60.7 Å². The Morgan fingerprint density at radius 1 is 0.640 bits per heavy atom.